The molecular formula is C14H28N2O. The van der Waals surface area contributed by atoms with Crippen LogP contribution < -0.4 is 5.73 Å². The lowest BCUT2D eigenvalue weighted by Gasteiger charge is -2.32. The molecule has 17 heavy (non-hydrogen) atoms. The van der Waals surface area contributed by atoms with Crippen molar-refractivity contribution in [3.63, 3.8) is 0 Å². The molecule has 1 aliphatic heterocycles. The minimum atomic E-state index is 0.368. The second kappa shape index (κ2) is 8.51. The molecule has 0 aromatic heterocycles. The fraction of sp³-hybridized carbons (Fsp3) is 0.929. The molecule has 1 aliphatic rings. The zero-order valence-corrected chi connectivity index (χ0v) is 11.3. The van der Waals surface area contributed by atoms with Gasteiger partial charge in [0.1, 0.15) is 0 Å². The van der Waals surface area contributed by atoms with E-state index in [1.54, 1.807) is 0 Å². The van der Waals surface area contributed by atoms with E-state index in [0.717, 1.165) is 57.7 Å². The molecule has 0 aliphatic carbocycles. The first kappa shape index (κ1) is 14.5. The Kier molecular flexibility index (Phi) is 7.25. The van der Waals surface area contributed by atoms with Crippen LogP contribution in [0.25, 0.3) is 0 Å². The Balaban J connectivity index is 2.12. The summed E-state index contributed by atoms with van der Waals surface area (Å²) in [5.74, 6) is 1.12. The van der Waals surface area contributed by atoms with Gasteiger partial charge in [0.25, 0.3) is 0 Å². The smallest absolute Gasteiger partial charge is 0.222 e. The van der Waals surface area contributed by atoms with Gasteiger partial charge in [-0.1, -0.05) is 26.2 Å². The highest BCUT2D eigenvalue weighted by Gasteiger charge is 2.21. The van der Waals surface area contributed by atoms with Crippen molar-refractivity contribution >= 4 is 5.91 Å². The number of amides is 1. The Morgan fingerprint density at radius 2 is 1.94 bits per heavy atom. The Bertz CT molecular complexity index is 210. The van der Waals surface area contributed by atoms with Gasteiger partial charge >= 0.3 is 0 Å². The summed E-state index contributed by atoms with van der Waals surface area (Å²) in [4.78, 5) is 14.0. The minimum absolute atomic E-state index is 0.368. The van der Waals surface area contributed by atoms with E-state index in [9.17, 15) is 4.79 Å². The molecule has 0 radical (unpaired) electrons. The molecule has 2 N–H and O–H groups in total. The molecular weight excluding hydrogens is 212 g/mol. The summed E-state index contributed by atoms with van der Waals surface area (Å²) >= 11 is 0. The van der Waals surface area contributed by atoms with Crippen molar-refractivity contribution in [2.45, 2.75) is 58.3 Å². The van der Waals surface area contributed by atoms with Crippen LogP contribution in [0.3, 0.4) is 0 Å². The molecule has 1 fully saturated rings. The number of nitrogens with zero attached hydrogens (tertiary/aromatic N) is 1. The number of carbonyl (C=O) groups is 1. The van der Waals surface area contributed by atoms with Gasteiger partial charge in [0.05, 0.1) is 0 Å². The summed E-state index contributed by atoms with van der Waals surface area (Å²) < 4.78 is 0. The first-order valence-corrected chi connectivity index (χ1v) is 7.25. The molecule has 100 valence electrons. The van der Waals surface area contributed by atoms with Crippen LogP contribution in [0.15, 0.2) is 0 Å². The molecule has 0 aromatic rings. The molecule has 0 aromatic carbocycles. The van der Waals surface area contributed by atoms with E-state index in [1.165, 1.54) is 19.3 Å². The summed E-state index contributed by atoms with van der Waals surface area (Å²) in [6.45, 7) is 4.90. The third kappa shape index (κ3) is 5.53. The summed E-state index contributed by atoms with van der Waals surface area (Å²) in [7, 11) is 0. The Morgan fingerprint density at radius 3 is 2.53 bits per heavy atom. The van der Waals surface area contributed by atoms with Gasteiger partial charge in [-0.3, -0.25) is 4.79 Å². The van der Waals surface area contributed by atoms with E-state index in [-0.39, 0.29) is 0 Å². The van der Waals surface area contributed by atoms with E-state index in [1.807, 2.05) is 0 Å². The predicted molar refractivity (Wildman–Crippen MR) is 71.7 cm³/mol. The first-order valence-electron chi connectivity index (χ1n) is 7.25. The molecule has 1 amide bonds. The van der Waals surface area contributed by atoms with Gasteiger partial charge < -0.3 is 10.6 Å². The van der Waals surface area contributed by atoms with Crippen LogP contribution in [-0.2, 0) is 4.79 Å². The summed E-state index contributed by atoms with van der Waals surface area (Å²) in [5.41, 5.74) is 5.57. The molecule has 3 nitrogen and oxygen atoms in total. The first-order chi connectivity index (χ1) is 8.27. The maximum atomic E-state index is 11.9. The van der Waals surface area contributed by atoms with Crippen LogP contribution in [-0.4, -0.2) is 30.4 Å². The van der Waals surface area contributed by atoms with Crippen molar-refractivity contribution in [2.24, 2.45) is 11.7 Å². The lowest BCUT2D eigenvalue weighted by atomic mass is 9.93. The molecule has 1 saturated heterocycles. The normalized spacial score (nSPS) is 17.4. The van der Waals surface area contributed by atoms with Gasteiger partial charge in [0.15, 0.2) is 0 Å². The highest BCUT2D eigenvalue weighted by molar-refractivity contribution is 5.76. The van der Waals surface area contributed by atoms with Crippen molar-refractivity contribution in [3.8, 4) is 0 Å². The topological polar surface area (TPSA) is 46.3 Å². The fourth-order valence-corrected chi connectivity index (χ4v) is 2.57. The van der Waals surface area contributed by atoms with Crippen LogP contribution in [0.1, 0.15) is 58.3 Å². The van der Waals surface area contributed by atoms with Crippen molar-refractivity contribution in [1.29, 1.82) is 0 Å². The van der Waals surface area contributed by atoms with Crippen LogP contribution in [0.4, 0.5) is 0 Å². The quantitative estimate of drug-likeness (QED) is 0.695. The van der Waals surface area contributed by atoms with E-state index in [4.69, 9.17) is 5.73 Å². The minimum Gasteiger partial charge on any atom is -0.343 e. The molecule has 0 atom stereocenters. The van der Waals surface area contributed by atoms with Gasteiger partial charge in [0, 0.05) is 19.5 Å². The lowest BCUT2D eigenvalue weighted by Crippen LogP contribution is -2.38. The molecule has 0 saturated carbocycles. The number of piperidine rings is 1. The molecule has 0 unspecified atom stereocenters. The number of rotatable bonds is 7. The Labute approximate surface area is 106 Å². The van der Waals surface area contributed by atoms with Gasteiger partial charge in [-0.25, -0.2) is 0 Å². The summed E-state index contributed by atoms with van der Waals surface area (Å²) in [6.07, 6.45) is 8.93. The number of hydrogen-bond acceptors (Lipinski definition) is 2. The van der Waals surface area contributed by atoms with Crippen LogP contribution >= 0.6 is 0 Å². The zero-order valence-electron chi connectivity index (χ0n) is 11.3. The second-order valence-corrected chi connectivity index (χ2v) is 5.21. The molecule has 0 bridgehead atoms. The SMILES string of the molecule is CCCCCCC(=O)N1CCC(CCN)CC1. The van der Waals surface area contributed by atoms with E-state index in [0.29, 0.717) is 5.91 Å². The summed E-state index contributed by atoms with van der Waals surface area (Å²) in [6, 6.07) is 0. The van der Waals surface area contributed by atoms with Gasteiger partial charge in [-0.05, 0) is 38.1 Å². The van der Waals surface area contributed by atoms with E-state index in [2.05, 4.69) is 11.8 Å². The van der Waals surface area contributed by atoms with Crippen LogP contribution in [0.2, 0.25) is 0 Å². The number of likely N-dealkylation sites (tertiary alicyclic amines) is 1. The highest BCUT2D eigenvalue weighted by Crippen LogP contribution is 2.20. The van der Waals surface area contributed by atoms with Crippen molar-refractivity contribution in [2.75, 3.05) is 19.6 Å². The average molecular weight is 240 g/mol. The van der Waals surface area contributed by atoms with Gasteiger partial charge in [-0.15, -0.1) is 0 Å². The zero-order chi connectivity index (χ0) is 12.5. The number of unbranched alkanes of at least 4 members (excludes halogenated alkanes) is 3. The molecule has 3 heteroatoms. The molecule has 1 rings (SSSR count). The standard InChI is InChI=1S/C14H28N2O/c1-2-3-4-5-6-14(17)16-11-8-13(7-10-15)9-12-16/h13H,2-12,15H2,1H3. The molecule has 0 spiro atoms. The van der Waals surface area contributed by atoms with E-state index < -0.39 is 0 Å². The van der Waals surface area contributed by atoms with Gasteiger partial charge in [-0.2, -0.15) is 0 Å². The maximum absolute atomic E-state index is 11.9. The molecule has 1 heterocycles. The van der Waals surface area contributed by atoms with Crippen molar-refractivity contribution in [3.05, 3.63) is 0 Å². The monoisotopic (exact) mass is 240 g/mol. The fourth-order valence-electron chi connectivity index (χ4n) is 2.57. The third-order valence-electron chi connectivity index (χ3n) is 3.79. The largest absolute Gasteiger partial charge is 0.343 e. The van der Waals surface area contributed by atoms with Crippen LogP contribution in [0.5, 0.6) is 0 Å². The van der Waals surface area contributed by atoms with Crippen molar-refractivity contribution in [1.82, 2.24) is 4.90 Å². The lowest BCUT2D eigenvalue weighted by molar-refractivity contribution is -0.132. The summed E-state index contributed by atoms with van der Waals surface area (Å²) in [5, 5.41) is 0. The van der Waals surface area contributed by atoms with Crippen LogP contribution in [0, 0.1) is 5.92 Å². The maximum Gasteiger partial charge on any atom is 0.222 e. The van der Waals surface area contributed by atoms with Crippen molar-refractivity contribution < 1.29 is 4.79 Å². The Morgan fingerprint density at radius 1 is 1.24 bits per heavy atom. The van der Waals surface area contributed by atoms with Gasteiger partial charge in [0.2, 0.25) is 5.91 Å². The Hall–Kier alpha value is -0.570. The third-order valence-corrected chi connectivity index (χ3v) is 3.79. The highest BCUT2D eigenvalue weighted by atomic mass is 16.2. The van der Waals surface area contributed by atoms with E-state index >= 15 is 0 Å². The average Bonchev–Trinajstić information content (AvgIpc) is 2.36. The predicted octanol–water partition coefficient (Wildman–Crippen LogP) is 2.54. The number of carbonyl (C=O) groups excluding carboxylic acids is 1. The number of nitrogens with two attached hydrogens (primary N) is 1. The second-order valence-electron chi connectivity index (χ2n) is 5.21. The number of hydrogen-bond donors (Lipinski definition) is 1.